The van der Waals surface area contributed by atoms with Crippen molar-refractivity contribution in [1.29, 1.82) is 0 Å². The summed E-state index contributed by atoms with van der Waals surface area (Å²) in [6.07, 6.45) is 0. The highest BCUT2D eigenvalue weighted by Crippen LogP contribution is 2.30. The Morgan fingerprint density at radius 3 is 2.21 bits per heavy atom. The quantitative estimate of drug-likeness (QED) is 0.695. The lowest BCUT2D eigenvalue weighted by atomic mass is 10.1. The first-order valence-corrected chi connectivity index (χ1v) is 11.8. The highest BCUT2D eigenvalue weighted by Gasteiger charge is 2.25. The number of halogens is 2. The van der Waals surface area contributed by atoms with E-state index in [1.807, 2.05) is 0 Å². The molecule has 2 aromatic rings. The number of hydrogen-bond donors (Lipinski definition) is 1. The molecule has 0 aromatic heterocycles. The Hall–Kier alpha value is -1.68. The van der Waals surface area contributed by atoms with Crippen molar-refractivity contribution in [2.45, 2.75) is 37.5 Å². The van der Waals surface area contributed by atoms with Crippen molar-refractivity contribution in [1.82, 2.24) is 4.31 Å². The van der Waals surface area contributed by atoms with Gasteiger partial charge in [0.05, 0.1) is 15.6 Å². The van der Waals surface area contributed by atoms with Crippen molar-refractivity contribution < 1.29 is 21.2 Å². The summed E-state index contributed by atoms with van der Waals surface area (Å²) in [7, 11) is -8.02. The van der Waals surface area contributed by atoms with Crippen molar-refractivity contribution in [2.75, 3.05) is 17.8 Å². The standard InChI is InChI=1S/C18H22ClFN2O4S2/c1-5-22(6-2)28(25,26)15-9-12(3)13(4)17(11-15)21-27(23,24)18-10-14(20)7-8-16(18)19/h7-11,21H,5-6H2,1-4H3. The molecule has 0 aliphatic heterocycles. The van der Waals surface area contributed by atoms with Gasteiger partial charge >= 0.3 is 0 Å². The average Bonchev–Trinajstić information content (AvgIpc) is 2.61. The van der Waals surface area contributed by atoms with Crippen LogP contribution in [0.1, 0.15) is 25.0 Å². The maximum Gasteiger partial charge on any atom is 0.263 e. The molecule has 0 atom stereocenters. The number of anilines is 1. The normalized spacial score (nSPS) is 12.4. The molecule has 2 aromatic carbocycles. The molecular weight excluding hydrogens is 427 g/mol. The van der Waals surface area contributed by atoms with Crippen molar-refractivity contribution in [3.8, 4) is 0 Å². The molecule has 0 fully saturated rings. The van der Waals surface area contributed by atoms with E-state index in [0.29, 0.717) is 11.1 Å². The summed E-state index contributed by atoms with van der Waals surface area (Å²) in [5.74, 6) is -0.754. The Kier molecular flexibility index (Phi) is 6.75. The molecule has 0 heterocycles. The predicted molar refractivity (Wildman–Crippen MR) is 108 cm³/mol. The first-order chi connectivity index (χ1) is 12.9. The van der Waals surface area contributed by atoms with E-state index < -0.39 is 30.8 Å². The van der Waals surface area contributed by atoms with E-state index in [1.165, 1.54) is 16.4 Å². The average molecular weight is 449 g/mol. The second-order valence-electron chi connectivity index (χ2n) is 6.18. The van der Waals surface area contributed by atoms with E-state index in [-0.39, 0.29) is 28.7 Å². The maximum absolute atomic E-state index is 13.5. The third-order valence-corrected chi connectivity index (χ3v) is 8.29. The third kappa shape index (κ3) is 4.48. The van der Waals surface area contributed by atoms with Crippen LogP contribution in [0.4, 0.5) is 10.1 Å². The lowest BCUT2D eigenvalue weighted by Crippen LogP contribution is -2.30. The minimum atomic E-state index is -4.23. The number of sulfonamides is 2. The van der Waals surface area contributed by atoms with Gasteiger partial charge in [0.2, 0.25) is 10.0 Å². The molecule has 28 heavy (non-hydrogen) atoms. The fourth-order valence-electron chi connectivity index (χ4n) is 2.68. The van der Waals surface area contributed by atoms with Crippen LogP contribution in [0, 0.1) is 19.7 Å². The first-order valence-electron chi connectivity index (χ1n) is 8.53. The van der Waals surface area contributed by atoms with Crippen LogP contribution in [0.25, 0.3) is 0 Å². The molecule has 0 spiro atoms. The lowest BCUT2D eigenvalue weighted by Gasteiger charge is -2.21. The van der Waals surface area contributed by atoms with Gasteiger partial charge in [0, 0.05) is 13.1 Å². The van der Waals surface area contributed by atoms with Crippen LogP contribution in [0.3, 0.4) is 0 Å². The summed E-state index contributed by atoms with van der Waals surface area (Å²) < 4.78 is 68.2. The molecule has 0 bridgehead atoms. The van der Waals surface area contributed by atoms with Crippen molar-refractivity contribution in [2.24, 2.45) is 0 Å². The molecule has 154 valence electrons. The molecule has 0 aliphatic rings. The topological polar surface area (TPSA) is 83.6 Å². The third-order valence-electron chi connectivity index (χ3n) is 4.41. The first kappa shape index (κ1) is 22.6. The monoisotopic (exact) mass is 448 g/mol. The van der Waals surface area contributed by atoms with Gasteiger partial charge in [-0.15, -0.1) is 0 Å². The van der Waals surface area contributed by atoms with Crippen molar-refractivity contribution in [3.05, 3.63) is 52.3 Å². The Bertz CT molecular complexity index is 1100. The summed E-state index contributed by atoms with van der Waals surface area (Å²) in [4.78, 5) is -0.453. The van der Waals surface area contributed by atoms with E-state index in [9.17, 15) is 21.2 Å². The van der Waals surface area contributed by atoms with Crippen LogP contribution >= 0.6 is 11.6 Å². The summed E-state index contributed by atoms with van der Waals surface area (Å²) in [5, 5.41) is -0.143. The van der Waals surface area contributed by atoms with Gasteiger partial charge in [-0.05, 0) is 55.3 Å². The fraction of sp³-hybridized carbons (Fsp3) is 0.333. The Morgan fingerprint density at radius 1 is 1.04 bits per heavy atom. The fourth-order valence-corrected chi connectivity index (χ4v) is 5.87. The van der Waals surface area contributed by atoms with Crippen LogP contribution in [0.2, 0.25) is 5.02 Å². The molecular formula is C18H22ClFN2O4S2. The zero-order valence-corrected chi connectivity index (χ0v) is 18.3. The minimum Gasteiger partial charge on any atom is -0.279 e. The number of benzene rings is 2. The number of hydrogen-bond acceptors (Lipinski definition) is 4. The zero-order chi connectivity index (χ0) is 21.3. The summed E-state index contributed by atoms with van der Waals surface area (Å²) in [6, 6.07) is 5.76. The van der Waals surface area contributed by atoms with Crippen LogP contribution in [0.5, 0.6) is 0 Å². The molecule has 0 aliphatic carbocycles. The Morgan fingerprint density at radius 2 is 1.64 bits per heavy atom. The van der Waals surface area contributed by atoms with Crippen LogP contribution in [-0.2, 0) is 20.0 Å². The van der Waals surface area contributed by atoms with E-state index >= 15 is 0 Å². The molecule has 6 nitrogen and oxygen atoms in total. The Labute approximate surface area is 170 Å². The van der Waals surface area contributed by atoms with Crippen molar-refractivity contribution in [3.63, 3.8) is 0 Å². The smallest absolute Gasteiger partial charge is 0.263 e. The van der Waals surface area contributed by atoms with Crippen molar-refractivity contribution >= 4 is 37.3 Å². The molecule has 1 N–H and O–H groups in total. The lowest BCUT2D eigenvalue weighted by molar-refractivity contribution is 0.445. The second kappa shape index (κ2) is 8.36. The van der Waals surface area contributed by atoms with Crippen LogP contribution in [-0.4, -0.2) is 34.2 Å². The molecule has 0 radical (unpaired) electrons. The molecule has 0 saturated carbocycles. The summed E-state index contributed by atoms with van der Waals surface area (Å²) in [6.45, 7) is 7.35. The van der Waals surface area contributed by atoms with Gasteiger partial charge in [0.15, 0.2) is 0 Å². The number of aryl methyl sites for hydroxylation is 1. The largest absolute Gasteiger partial charge is 0.279 e. The molecule has 2 rings (SSSR count). The highest BCUT2D eigenvalue weighted by atomic mass is 35.5. The van der Waals surface area contributed by atoms with Crippen LogP contribution < -0.4 is 4.72 Å². The number of nitrogens with zero attached hydrogens (tertiary/aromatic N) is 1. The van der Waals surface area contributed by atoms with Crippen LogP contribution in [0.15, 0.2) is 40.1 Å². The SMILES string of the molecule is CCN(CC)S(=O)(=O)c1cc(C)c(C)c(NS(=O)(=O)c2cc(F)ccc2Cl)c1. The van der Waals surface area contributed by atoms with Gasteiger partial charge in [-0.2, -0.15) is 4.31 Å². The van der Waals surface area contributed by atoms with Gasteiger partial charge < -0.3 is 0 Å². The van der Waals surface area contributed by atoms with Gasteiger partial charge in [-0.3, -0.25) is 4.72 Å². The minimum absolute atomic E-state index is 0.0256. The molecule has 10 heteroatoms. The highest BCUT2D eigenvalue weighted by molar-refractivity contribution is 7.93. The molecule has 0 saturated heterocycles. The number of rotatable bonds is 7. The summed E-state index contributed by atoms with van der Waals surface area (Å²) >= 11 is 5.91. The molecule has 0 unspecified atom stereocenters. The van der Waals surface area contributed by atoms with E-state index in [4.69, 9.17) is 11.6 Å². The van der Waals surface area contributed by atoms with Gasteiger partial charge in [-0.25, -0.2) is 21.2 Å². The van der Waals surface area contributed by atoms with E-state index in [0.717, 1.165) is 18.2 Å². The maximum atomic E-state index is 13.5. The zero-order valence-electron chi connectivity index (χ0n) is 16.0. The molecule has 0 amide bonds. The van der Waals surface area contributed by atoms with E-state index in [2.05, 4.69) is 4.72 Å². The predicted octanol–water partition coefficient (Wildman–Crippen LogP) is 3.93. The number of nitrogens with one attached hydrogen (secondary N) is 1. The van der Waals surface area contributed by atoms with Gasteiger partial charge in [0.1, 0.15) is 10.7 Å². The van der Waals surface area contributed by atoms with E-state index in [1.54, 1.807) is 27.7 Å². The van der Waals surface area contributed by atoms with Gasteiger partial charge in [-0.1, -0.05) is 25.4 Å². The second-order valence-corrected chi connectivity index (χ2v) is 10.2. The summed E-state index contributed by atoms with van der Waals surface area (Å²) in [5.41, 5.74) is 1.23. The van der Waals surface area contributed by atoms with Gasteiger partial charge in [0.25, 0.3) is 10.0 Å². The Balaban J connectivity index is 2.58.